The molecule has 2 fully saturated rings. The molecular weight excluding hydrogens is 552 g/mol. The van der Waals surface area contributed by atoms with Crippen LogP contribution in [0.25, 0.3) is 0 Å². The summed E-state index contributed by atoms with van der Waals surface area (Å²) in [6, 6.07) is 13.3. The minimum absolute atomic E-state index is 0.0446. The number of hydrogen-bond donors (Lipinski definition) is 2. The summed E-state index contributed by atoms with van der Waals surface area (Å²) >= 11 is 0. The molecule has 1 aliphatic carbocycles. The molecular formula is C34H47F2N3O4. The summed E-state index contributed by atoms with van der Waals surface area (Å²) in [6.45, 7) is 9.15. The smallest absolute Gasteiger partial charge is 0.410 e. The second-order valence-electron chi connectivity index (χ2n) is 12.7. The normalized spacial score (nSPS) is 22.0. The number of benzene rings is 2. The fourth-order valence-corrected chi connectivity index (χ4v) is 6.90. The lowest BCUT2D eigenvalue weighted by atomic mass is 9.88. The van der Waals surface area contributed by atoms with Gasteiger partial charge in [0.15, 0.2) is 0 Å². The number of nitrogens with one attached hydrogen (secondary N) is 1. The highest BCUT2D eigenvalue weighted by Crippen LogP contribution is 2.41. The quantitative estimate of drug-likeness (QED) is 0.276. The Morgan fingerprint density at radius 3 is 2.35 bits per heavy atom. The highest BCUT2D eigenvalue weighted by Gasteiger charge is 2.39. The van der Waals surface area contributed by atoms with E-state index < -0.39 is 29.7 Å². The Balaban J connectivity index is 1.35. The van der Waals surface area contributed by atoms with Gasteiger partial charge in [0.25, 0.3) is 0 Å². The van der Waals surface area contributed by atoms with Crippen LogP contribution in [0.2, 0.25) is 0 Å². The maximum absolute atomic E-state index is 13.6. The van der Waals surface area contributed by atoms with Gasteiger partial charge in [0.2, 0.25) is 0 Å². The lowest BCUT2D eigenvalue weighted by molar-refractivity contribution is -0.140. The largest absolute Gasteiger partial charge is 0.480 e. The van der Waals surface area contributed by atoms with E-state index >= 15 is 0 Å². The van der Waals surface area contributed by atoms with Crippen molar-refractivity contribution in [1.29, 1.82) is 0 Å². The zero-order valence-corrected chi connectivity index (χ0v) is 25.7. The molecule has 0 radical (unpaired) electrons. The number of carbonyl (C=O) groups is 2. The first kappa shape index (κ1) is 32.9. The number of carboxylic acids is 1. The number of aliphatic carboxylic acids is 1. The molecule has 2 N–H and O–H groups in total. The number of hydrogen-bond acceptors (Lipinski definition) is 5. The van der Waals surface area contributed by atoms with Gasteiger partial charge in [0.1, 0.15) is 24.3 Å². The van der Waals surface area contributed by atoms with Gasteiger partial charge < -0.3 is 25.0 Å². The van der Waals surface area contributed by atoms with Crippen LogP contribution in [0.15, 0.2) is 48.5 Å². The molecule has 1 saturated carbocycles. The monoisotopic (exact) mass is 599 g/mol. The predicted molar refractivity (Wildman–Crippen MR) is 163 cm³/mol. The van der Waals surface area contributed by atoms with Crippen molar-refractivity contribution >= 4 is 12.1 Å². The molecule has 1 amide bonds. The van der Waals surface area contributed by atoms with Gasteiger partial charge in [-0.2, -0.15) is 0 Å². The van der Waals surface area contributed by atoms with Crippen LogP contribution >= 0.6 is 0 Å². The molecule has 2 aliphatic rings. The summed E-state index contributed by atoms with van der Waals surface area (Å²) in [5.74, 6) is -1.13. The first-order chi connectivity index (χ1) is 20.6. The fraction of sp³-hybridized carbons (Fsp3) is 0.588. The average molecular weight is 600 g/mol. The van der Waals surface area contributed by atoms with Crippen LogP contribution in [0.1, 0.15) is 76.3 Å². The molecule has 4 atom stereocenters. The molecule has 0 aromatic heterocycles. The highest BCUT2D eigenvalue weighted by atomic mass is 19.1. The van der Waals surface area contributed by atoms with E-state index in [0.29, 0.717) is 30.7 Å². The van der Waals surface area contributed by atoms with Gasteiger partial charge in [-0.1, -0.05) is 51.1 Å². The number of carboxylic acid groups (broad SMARTS) is 1. The van der Waals surface area contributed by atoms with Crippen LogP contribution in [-0.4, -0.2) is 71.3 Å². The maximum atomic E-state index is 13.6. The molecule has 1 heterocycles. The van der Waals surface area contributed by atoms with Crippen LogP contribution in [-0.2, 0) is 16.1 Å². The molecule has 2 aromatic carbocycles. The number of carbonyl (C=O) groups excluding carboxylic acids is 1. The SMILES string of the molecule is CCCN(C(=O)OCc1cc(F)cc(F)c1)C1CCN(CC2CC(NC(CC(C)C)C(=O)O)CC2c2ccccc2)CC1. The summed E-state index contributed by atoms with van der Waals surface area (Å²) in [6.07, 6.45) is 4.43. The van der Waals surface area contributed by atoms with Crippen LogP contribution in [0.4, 0.5) is 13.6 Å². The minimum Gasteiger partial charge on any atom is -0.480 e. The summed E-state index contributed by atoms with van der Waals surface area (Å²) in [4.78, 5) is 29.2. The number of rotatable bonds is 13. The van der Waals surface area contributed by atoms with Crippen molar-refractivity contribution in [2.24, 2.45) is 11.8 Å². The van der Waals surface area contributed by atoms with Crippen molar-refractivity contribution in [3.8, 4) is 0 Å². The number of piperidine rings is 1. The van der Waals surface area contributed by atoms with E-state index in [0.717, 1.165) is 57.8 Å². The van der Waals surface area contributed by atoms with Crippen molar-refractivity contribution in [3.63, 3.8) is 0 Å². The molecule has 2 aromatic rings. The Labute approximate surface area is 254 Å². The minimum atomic E-state index is -0.784. The molecule has 4 rings (SSSR count). The van der Waals surface area contributed by atoms with Gasteiger partial charge >= 0.3 is 12.1 Å². The lowest BCUT2D eigenvalue weighted by Gasteiger charge is -2.39. The first-order valence-electron chi connectivity index (χ1n) is 15.8. The number of halogens is 2. The van der Waals surface area contributed by atoms with Crippen molar-refractivity contribution in [2.45, 2.75) is 89.9 Å². The zero-order valence-electron chi connectivity index (χ0n) is 25.7. The summed E-state index contributed by atoms with van der Waals surface area (Å²) in [5.41, 5.74) is 1.59. The molecule has 0 bridgehead atoms. The third-order valence-electron chi connectivity index (χ3n) is 8.84. The number of ether oxygens (including phenoxy) is 1. The second kappa shape index (κ2) is 15.6. The Morgan fingerprint density at radius 1 is 1.07 bits per heavy atom. The third-order valence-corrected chi connectivity index (χ3v) is 8.84. The van der Waals surface area contributed by atoms with Crippen LogP contribution in [0.3, 0.4) is 0 Å². The maximum Gasteiger partial charge on any atom is 0.410 e. The lowest BCUT2D eigenvalue weighted by Crippen LogP contribution is -2.48. The van der Waals surface area contributed by atoms with E-state index in [1.54, 1.807) is 4.90 Å². The molecule has 236 valence electrons. The van der Waals surface area contributed by atoms with E-state index in [9.17, 15) is 23.5 Å². The summed E-state index contributed by atoms with van der Waals surface area (Å²) in [5, 5.41) is 13.3. The van der Waals surface area contributed by atoms with Gasteiger partial charge in [0.05, 0.1) is 0 Å². The summed E-state index contributed by atoms with van der Waals surface area (Å²) in [7, 11) is 0. The van der Waals surface area contributed by atoms with Crippen molar-refractivity contribution < 1.29 is 28.2 Å². The van der Waals surface area contributed by atoms with E-state index in [-0.39, 0.29) is 24.3 Å². The Morgan fingerprint density at radius 2 is 1.74 bits per heavy atom. The Hall–Kier alpha value is -3.04. The number of amides is 1. The van der Waals surface area contributed by atoms with Gasteiger partial charge in [-0.15, -0.1) is 0 Å². The van der Waals surface area contributed by atoms with Crippen LogP contribution in [0, 0.1) is 23.5 Å². The summed E-state index contributed by atoms with van der Waals surface area (Å²) < 4.78 is 32.6. The molecule has 4 unspecified atom stereocenters. The fourth-order valence-electron chi connectivity index (χ4n) is 6.90. The van der Waals surface area contributed by atoms with Gasteiger partial charge in [-0.3, -0.25) is 4.79 Å². The molecule has 9 heteroatoms. The van der Waals surface area contributed by atoms with Crippen LogP contribution in [0.5, 0.6) is 0 Å². The van der Waals surface area contributed by atoms with Gasteiger partial charge in [0, 0.05) is 44.3 Å². The highest BCUT2D eigenvalue weighted by molar-refractivity contribution is 5.73. The standard InChI is InChI=1S/C34H47F2N3O4/c1-4-12-39(34(42)43-22-24-16-27(35)19-28(36)17-24)30-10-13-38(14-11-30)21-26-18-29(37-32(33(40)41)15-23(2)3)20-31(26)25-8-6-5-7-9-25/h5-9,16-17,19,23,26,29-32,37H,4,10-15,18,20-22H2,1-3H3,(H,40,41). The topological polar surface area (TPSA) is 82.1 Å². The molecule has 1 aliphatic heterocycles. The van der Waals surface area contributed by atoms with E-state index in [1.165, 1.54) is 17.7 Å². The molecule has 0 spiro atoms. The average Bonchev–Trinajstić information content (AvgIpc) is 3.36. The number of likely N-dealkylation sites (tertiary alicyclic amines) is 1. The van der Waals surface area contributed by atoms with Crippen molar-refractivity contribution in [3.05, 3.63) is 71.3 Å². The first-order valence-corrected chi connectivity index (χ1v) is 15.8. The van der Waals surface area contributed by atoms with Gasteiger partial charge in [-0.25, -0.2) is 13.6 Å². The second-order valence-corrected chi connectivity index (χ2v) is 12.7. The van der Waals surface area contributed by atoms with Gasteiger partial charge in [-0.05, 0) is 79.5 Å². The Kier molecular flexibility index (Phi) is 11.9. The van der Waals surface area contributed by atoms with E-state index in [2.05, 4.69) is 48.3 Å². The molecule has 7 nitrogen and oxygen atoms in total. The zero-order chi connectivity index (χ0) is 30.9. The third kappa shape index (κ3) is 9.47. The number of nitrogens with zero attached hydrogens (tertiary/aromatic N) is 2. The molecule has 1 saturated heterocycles. The molecule has 43 heavy (non-hydrogen) atoms. The predicted octanol–water partition coefficient (Wildman–Crippen LogP) is 6.43. The Bertz CT molecular complexity index is 1170. The van der Waals surface area contributed by atoms with Crippen molar-refractivity contribution in [1.82, 2.24) is 15.1 Å². The van der Waals surface area contributed by atoms with Crippen molar-refractivity contribution in [2.75, 3.05) is 26.2 Å². The van der Waals surface area contributed by atoms with Crippen LogP contribution < -0.4 is 5.32 Å². The van der Waals surface area contributed by atoms with E-state index in [4.69, 9.17) is 4.74 Å². The van der Waals surface area contributed by atoms with E-state index in [1.807, 2.05) is 13.0 Å².